The van der Waals surface area contributed by atoms with Crippen molar-refractivity contribution in [3.63, 3.8) is 0 Å². The van der Waals surface area contributed by atoms with Gasteiger partial charge in [0.15, 0.2) is 0 Å². The lowest BCUT2D eigenvalue weighted by atomic mass is 10.1. The third kappa shape index (κ3) is 3.28. The molecule has 1 saturated heterocycles. The van der Waals surface area contributed by atoms with Gasteiger partial charge in [-0.2, -0.15) is 0 Å². The van der Waals surface area contributed by atoms with Gasteiger partial charge in [0.25, 0.3) is 0 Å². The number of likely N-dealkylation sites (tertiary alicyclic amines) is 1. The average Bonchev–Trinajstić information content (AvgIpc) is 2.33. The van der Waals surface area contributed by atoms with Gasteiger partial charge >= 0.3 is 0 Å². The highest BCUT2D eigenvalue weighted by Gasteiger charge is 2.25. The van der Waals surface area contributed by atoms with Gasteiger partial charge in [-0.15, -0.1) is 0 Å². The Bertz CT molecular complexity index is 604. The number of benzene rings is 1. The molecule has 0 aliphatic carbocycles. The minimum atomic E-state index is -3.68. The summed E-state index contributed by atoms with van der Waals surface area (Å²) in [6.07, 6.45) is 1.76. The zero-order valence-electron chi connectivity index (χ0n) is 11.7. The molecule has 2 rings (SSSR count). The summed E-state index contributed by atoms with van der Waals surface area (Å²) in [6, 6.07) is 2.21. The highest BCUT2D eigenvalue weighted by molar-refractivity contribution is 7.89. The number of aryl methyl sites for hydroxylation is 1. The Kier molecular flexibility index (Phi) is 4.31. The van der Waals surface area contributed by atoms with E-state index in [1.54, 1.807) is 6.92 Å². The summed E-state index contributed by atoms with van der Waals surface area (Å²) in [5, 5.41) is 0. The number of anilines is 1. The number of nitrogens with zero attached hydrogens (tertiary/aromatic N) is 1. The van der Waals surface area contributed by atoms with Crippen LogP contribution in [0.3, 0.4) is 0 Å². The summed E-state index contributed by atoms with van der Waals surface area (Å²) in [7, 11) is -1.72. The van der Waals surface area contributed by atoms with Crippen molar-refractivity contribution >= 4 is 15.7 Å². The summed E-state index contributed by atoms with van der Waals surface area (Å²) in [4.78, 5) is 2.13. The number of likely N-dealkylation sites (N-methyl/N-ethyl adjacent to an activating group) is 1. The SMILES string of the molecule is Cc1cc(F)c(N)cc1S(=O)(=O)NC1CCCN(C)C1. The van der Waals surface area contributed by atoms with Crippen LogP contribution in [0.4, 0.5) is 10.1 Å². The quantitative estimate of drug-likeness (QED) is 0.820. The largest absolute Gasteiger partial charge is 0.396 e. The molecule has 0 spiro atoms. The number of nitrogens with two attached hydrogens (primary N) is 1. The predicted molar refractivity (Wildman–Crippen MR) is 76.4 cm³/mol. The smallest absolute Gasteiger partial charge is 0.241 e. The standard InChI is InChI=1S/C13H20FN3O2S/c1-9-6-11(14)12(15)7-13(9)20(18,19)16-10-4-3-5-17(2)8-10/h6-7,10,16H,3-5,8,15H2,1-2H3. The molecule has 0 radical (unpaired) electrons. The molecular weight excluding hydrogens is 281 g/mol. The van der Waals surface area contributed by atoms with Crippen LogP contribution in [0.1, 0.15) is 18.4 Å². The van der Waals surface area contributed by atoms with E-state index in [9.17, 15) is 12.8 Å². The van der Waals surface area contributed by atoms with Crippen molar-refractivity contribution in [2.75, 3.05) is 25.9 Å². The Labute approximate surface area is 119 Å². The molecule has 0 amide bonds. The third-order valence-electron chi connectivity index (χ3n) is 3.53. The molecule has 1 heterocycles. The van der Waals surface area contributed by atoms with Gasteiger partial charge in [0.05, 0.1) is 10.6 Å². The highest BCUT2D eigenvalue weighted by atomic mass is 32.2. The van der Waals surface area contributed by atoms with Crippen LogP contribution in [0.2, 0.25) is 0 Å². The van der Waals surface area contributed by atoms with Crippen LogP contribution in [-0.2, 0) is 10.0 Å². The molecule has 3 N–H and O–H groups in total. The molecule has 0 aromatic heterocycles. The summed E-state index contributed by atoms with van der Waals surface area (Å²) >= 11 is 0. The lowest BCUT2D eigenvalue weighted by Gasteiger charge is -2.30. The van der Waals surface area contributed by atoms with Crippen LogP contribution in [0.25, 0.3) is 0 Å². The van der Waals surface area contributed by atoms with Gasteiger partial charge in [-0.25, -0.2) is 17.5 Å². The van der Waals surface area contributed by atoms with E-state index in [1.165, 1.54) is 6.07 Å². The molecule has 20 heavy (non-hydrogen) atoms. The second-order valence-corrected chi connectivity index (χ2v) is 7.04. The number of sulfonamides is 1. The van der Waals surface area contributed by atoms with Crippen molar-refractivity contribution in [2.24, 2.45) is 0 Å². The molecule has 0 bridgehead atoms. The van der Waals surface area contributed by atoms with E-state index in [0.717, 1.165) is 25.5 Å². The summed E-state index contributed by atoms with van der Waals surface area (Å²) in [5.74, 6) is -0.598. The molecule has 1 aromatic rings. The number of hydrogen-bond acceptors (Lipinski definition) is 4. The topological polar surface area (TPSA) is 75.4 Å². The Morgan fingerprint density at radius 2 is 2.15 bits per heavy atom. The molecule has 7 heteroatoms. The first-order valence-electron chi connectivity index (χ1n) is 6.56. The third-order valence-corrected chi connectivity index (χ3v) is 5.19. The van der Waals surface area contributed by atoms with Crippen LogP contribution < -0.4 is 10.5 Å². The number of rotatable bonds is 3. The van der Waals surface area contributed by atoms with Crippen molar-refractivity contribution < 1.29 is 12.8 Å². The van der Waals surface area contributed by atoms with E-state index in [-0.39, 0.29) is 16.6 Å². The zero-order chi connectivity index (χ0) is 14.9. The summed E-state index contributed by atoms with van der Waals surface area (Å²) in [5.41, 5.74) is 5.67. The van der Waals surface area contributed by atoms with Crippen molar-refractivity contribution in [1.82, 2.24) is 9.62 Å². The fourth-order valence-corrected chi connectivity index (χ4v) is 4.03. The number of halogens is 1. The minimum absolute atomic E-state index is 0.0460. The number of nitrogen functional groups attached to an aromatic ring is 1. The fraction of sp³-hybridized carbons (Fsp3) is 0.538. The van der Waals surface area contributed by atoms with Crippen molar-refractivity contribution in [3.8, 4) is 0 Å². The lowest BCUT2D eigenvalue weighted by molar-refractivity contribution is 0.242. The molecule has 1 fully saturated rings. The van der Waals surface area contributed by atoms with E-state index in [1.807, 2.05) is 7.05 Å². The van der Waals surface area contributed by atoms with E-state index < -0.39 is 15.8 Å². The van der Waals surface area contributed by atoms with Gasteiger partial charge in [0.2, 0.25) is 10.0 Å². The first-order valence-corrected chi connectivity index (χ1v) is 8.04. The molecule has 1 unspecified atom stereocenters. The maximum absolute atomic E-state index is 13.3. The second-order valence-electron chi connectivity index (χ2n) is 5.36. The molecule has 0 saturated carbocycles. The molecule has 5 nitrogen and oxygen atoms in total. The monoisotopic (exact) mass is 301 g/mol. The summed E-state index contributed by atoms with van der Waals surface area (Å²) in [6.45, 7) is 3.21. The fourth-order valence-electron chi connectivity index (χ4n) is 2.50. The maximum Gasteiger partial charge on any atom is 0.241 e. The second kappa shape index (κ2) is 5.67. The highest BCUT2D eigenvalue weighted by Crippen LogP contribution is 2.22. The first kappa shape index (κ1) is 15.2. The van der Waals surface area contributed by atoms with Crippen molar-refractivity contribution in [3.05, 3.63) is 23.5 Å². The number of nitrogens with one attached hydrogen (secondary N) is 1. The van der Waals surface area contributed by atoms with Gasteiger partial charge < -0.3 is 10.6 Å². The van der Waals surface area contributed by atoms with Gasteiger partial charge in [-0.1, -0.05) is 0 Å². The Hall–Kier alpha value is -1.18. The number of piperidine rings is 1. The van der Waals surface area contributed by atoms with Crippen LogP contribution in [0.5, 0.6) is 0 Å². The first-order chi connectivity index (χ1) is 9.29. The van der Waals surface area contributed by atoms with E-state index >= 15 is 0 Å². The van der Waals surface area contributed by atoms with E-state index in [2.05, 4.69) is 9.62 Å². The maximum atomic E-state index is 13.3. The van der Waals surface area contributed by atoms with Crippen LogP contribution in [0, 0.1) is 12.7 Å². The Morgan fingerprint density at radius 1 is 1.45 bits per heavy atom. The van der Waals surface area contributed by atoms with Gasteiger partial charge in [-0.05, 0) is 51.1 Å². The molecule has 1 aliphatic rings. The van der Waals surface area contributed by atoms with E-state index in [4.69, 9.17) is 5.73 Å². The van der Waals surface area contributed by atoms with Crippen LogP contribution >= 0.6 is 0 Å². The number of hydrogen-bond donors (Lipinski definition) is 2. The van der Waals surface area contributed by atoms with Gasteiger partial charge in [-0.3, -0.25) is 0 Å². The van der Waals surface area contributed by atoms with Crippen molar-refractivity contribution in [2.45, 2.75) is 30.7 Å². The Morgan fingerprint density at radius 3 is 2.80 bits per heavy atom. The van der Waals surface area contributed by atoms with Gasteiger partial charge in [0, 0.05) is 12.6 Å². The zero-order valence-corrected chi connectivity index (χ0v) is 12.5. The molecule has 112 valence electrons. The van der Waals surface area contributed by atoms with Crippen molar-refractivity contribution in [1.29, 1.82) is 0 Å². The lowest BCUT2D eigenvalue weighted by Crippen LogP contribution is -2.46. The summed E-state index contributed by atoms with van der Waals surface area (Å²) < 4.78 is 40.8. The van der Waals surface area contributed by atoms with E-state index in [0.29, 0.717) is 12.1 Å². The van der Waals surface area contributed by atoms with Gasteiger partial charge in [0.1, 0.15) is 5.82 Å². The van der Waals surface area contributed by atoms with Crippen LogP contribution in [-0.4, -0.2) is 39.5 Å². The normalized spacial score (nSPS) is 21.1. The van der Waals surface area contributed by atoms with Crippen LogP contribution in [0.15, 0.2) is 17.0 Å². The molecule has 1 aromatic carbocycles. The Balaban J connectivity index is 2.24. The molecule has 1 atom stereocenters. The predicted octanol–water partition coefficient (Wildman–Crippen LogP) is 1.09. The molecule has 1 aliphatic heterocycles. The average molecular weight is 301 g/mol. The minimum Gasteiger partial charge on any atom is -0.396 e. The molecular formula is C13H20FN3O2S.